The van der Waals surface area contributed by atoms with Crippen molar-refractivity contribution >= 4 is 5.91 Å². The molecule has 0 saturated carbocycles. The van der Waals surface area contributed by atoms with Gasteiger partial charge < -0.3 is 14.4 Å². The highest BCUT2D eigenvalue weighted by atomic mass is 19.1. The first-order valence-corrected chi connectivity index (χ1v) is 9.49. The van der Waals surface area contributed by atoms with Gasteiger partial charge in [-0.15, -0.1) is 0 Å². The molecule has 0 bridgehead atoms. The number of hydrogen-bond acceptors (Lipinski definition) is 3. The third kappa shape index (κ3) is 5.79. The Bertz CT molecular complexity index is 724. The van der Waals surface area contributed by atoms with Crippen molar-refractivity contribution in [2.45, 2.75) is 38.8 Å². The lowest BCUT2D eigenvalue weighted by Gasteiger charge is -2.25. The first-order valence-electron chi connectivity index (χ1n) is 9.49. The third-order valence-corrected chi connectivity index (χ3v) is 4.78. The molecular formula is C22H26FNO3. The van der Waals surface area contributed by atoms with E-state index in [0.717, 1.165) is 31.4 Å². The SMILES string of the molecule is CCc1ccc(OCC(=O)N(Cc2ccc(F)cc2)CC2CCCO2)cc1. The van der Waals surface area contributed by atoms with Crippen LogP contribution in [0.4, 0.5) is 4.39 Å². The Morgan fingerprint density at radius 3 is 2.48 bits per heavy atom. The monoisotopic (exact) mass is 371 g/mol. The molecule has 1 fully saturated rings. The first-order chi connectivity index (χ1) is 13.1. The van der Waals surface area contributed by atoms with Gasteiger partial charge in [-0.2, -0.15) is 0 Å². The Morgan fingerprint density at radius 1 is 1.15 bits per heavy atom. The molecule has 0 N–H and O–H groups in total. The van der Waals surface area contributed by atoms with E-state index < -0.39 is 0 Å². The lowest BCUT2D eigenvalue weighted by Crippen LogP contribution is -2.39. The van der Waals surface area contributed by atoms with E-state index in [1.165, 1.54) is 17.7 Å². The highest BCUT2D eigenvalue weighted by Gasteiger charge is 2.23. The summed E-state index contributed by atoms with van der Waals surface area (Å²) in [5, 5.41) is 0. The van der Waals surface area contributed by atoms with Crippen LogP contribution in [-0.4, -0.2) is 36.7 Å². The Morgan fingerprint density at radius 2 is 1.85 bits per heavy atom. The van der Waals surface area contributed by atoms with E-state index in [0.29, 0.717) is 18.8 Å². The van der Waals surface area contributed by atoms with Crippen molar-refractivity contribution in [3.05, 3.63) is 65.5 Å². The van der Waals surface area contributed by atoms with Gasteiger partial charge >= 0.3 is 0 Å². The summed E-state index contributed by atoms with van der Waals surface area (Å²) >= 11 is 0. The summed E-state index contributed by atoms with van der Waals surface area (Å²) in [7, 11) is 0. The third-order valence-electron chi connectivity index (χ3n) is 4.78. The predicted molar refractivity (Wildman–Crippen MR) is 102 cm³/mol. The average molecular weight is 371 g/mol. The van der Waals surface area contributed by atoms with Crippen LogP contribution in [0.15, 0.2) is 48.5 Å². The molecule has 4 nitrogen and oxygen atoms in total. The number of amides is 1. The van der Waals surface area contributed by atoms with E-state index in [9.17, 15) is 9.18 Å². The van der Waals surface area contributed by atoms with Crippen LogP contribution < -0.4 is 4.74 Å². The maximum atomic E-state index is 13.2. The summed E-state index contributed by atoms with van der Waals surface area (Å²) in [5.74, 6) is 0.295. The number of benzene rings is 2. The fourth-order valence-corrected chi connectivity index (χ4v) is 3.16. The second kappa shape index (κ2) is 9.51. The zero-order chi connectivity index (χ0) is 19.1. The number of carbonyl (C=O) groups is 1. The number of nitrogens with zero attached hydrogens (tertiary/aromatic N) is 1. The standard InChI is InChI=1S/C22H26FNO3/c1-2-17-7-11-20(12-8-17)27-16-22(25)24(15-21-4-3-13-26-21)14-18-5-9-19(23)10-6-18/h5-12,21H,2-4,13-16H2,1H3. The van der Waals surface area contributed by atoms with Crippen molar-refractivity contribution in [1.29, 1.82) is 0 Å². The number of carbonyl (C=O) groups excluding carboxylic acids is 1. The van der Waals surface area contributed by atoms with Crippen molar-refractivity contribution in [2.24, 2.45) is 0 Å². The van der Waals surface area contributed by atoms with Gasteiger partial charge in [0, 0.05) is 19.7 Å². The zero-order valence-corrected chi connectivity index (χ0v) is 15.7. The van der Waals surface area contributed by atoms with Crippen LogP contribution in [0.5, 0.6) is 5.75 Å². The molecule has 0 spiro atoms. The number of halogens is 1. The van der Waals surface area contributed by atoms with E-state index in [1.807, 2.05) is 24.3 Å². The van der Waals surface area contributed by atoms with Gasteiger partial charge in [0.05, 0.1) is 6.10 Å². The van der Waals surface area contributed by atoms with Crippen LogP contribution in [0.2, 0.25) is 0 Å². The topological polar surface area (TPSA) is 38.8 Å². The second-order valence-corrected chi connectivity index (χ2v) is 6.82. The number of hydrogen-bond donors (Lipinski definition) is 0. The van der Waals surface area contributed by atoms with Crippen molar-refractivity contribution in [3.63, 3.8) is 0 Å². The van der Waals surface area contributed by atoms with Crippen LogP contribution in [0.25, 0.3) is 0 Å². The first kappa shape index (κ1) is 19.4. The van der Waals surface area contributed by atoms with Gasteiger partial charge in [-0.3, -0.25) is 4.79 Å². The summed E-state index contributed by atoms with van der Waals surface area (Å²) in [6.45, 7) is 3.74. The van der Waals surface area contributed by atoms with Gasteiger partial charge in [-0.25, -0.2) is 4.39 Å². The van der Waals surface area contributed by atoms with Gasteiger partial charge in [0.25, 0.3) is 5.91 Å². The highest BCUT2D eigenvalue weighted by Crippen LogP contribution is 2.17. The normalized spacial score (nSPS) is 16.3. The Labute approximate surface area is 159 Å². The van der Waals surface area contributed by atoms with Gasteiger partial charge in [-0.05, 0) is 54.7 Å². The zero-order valence-electron chi connectivity index (χ0n) is 15.7. The van der Waals surface area contributed by atoms with E-state index in [4.69, 9.17) is 9.47 Å². The molecule has 0 aliphatic carbocycles. The second-order valence-electron chi connectivity index (χ2n) is 6.82. The van der Waals surface area contributed by atoms with Crippen LogP contribution >= 0.6 is 0 Å². The van der Waals surface area contributed by atoms with Crippen molar-refractivity contribution < 1.29 is 18.7 Å². The smallest absolute Gasteiger partial charge is 0.260 e. The lowest BCUT2D eigenvalue weighted by molar-refractivity contribution is -0.135. The molecule has 2 aromatic rings. The van der Waals surface area contributed by atoms with E-state index in [2.05, 4.69) is 6.92 Å². The molecule has 27 heavy (non-hydrogen) atoms. The number of rotatable bonds is 8. The average Bonchev–Trinajstić information content (AvgIpc) is 3.21. The highest BCUT2D eigenvalue weighted by molar-refractivity contribution is 5.77. The molecule has 2 aromatic carbocycles. The van der Waals surface area contributed by atoms with Gasteiger partial charge in [0.2, 0.25) is 0 Å². The molecule has 1 aliphatic rings. The minimum Gasteiger partial charge on any atom is -0.484 e. The van der Waals surface area contributed by atoms with Crippen LogP contribution in [0, 0.1) is 5.82 Å². The Kier molecular flexibility index (Phi) is 6.82. The fraction of sp³-hybridized carbons (Fsp3) is 0.409. The molecule has 1 saturated heterocycles. The molecule has 0 aromatic heterocycles. The molecule has 0 radical (unpaired) electrons. The van der Waals surface area contributed by atoms with E-state index in [-0.39, 0.29) is 24.4 Å². The summed E-state index contributed by atoms with van der Waals surface area (Å²) in [4.78, 5) is 14.5. The molecule has 1 atom stereocenters. The summed E-state index contributed by atoms with van der Waals surface area (Å²) in [6, 6.07) is 14.0. The summed E-state index contributed by atoms with van der Waals surface area (Å²) in [6.07, 6.45) is 2.99. The van der Waals surface area contributed by atoms with E-state index >= 15 is 0 Å². The molecule has 1 unspecified atom stereocenters. The maximum Gasteiger partial charge on any atom is 0.260 e. The van der Waals surface area contributed by atoms with E-state index in [1.54, 1.807) is 17.0 Å². The van der Waals surface area contributed by atoms with Gasteiger partial charge in [0.15, 0.2) is 6.61 Å². The van der Waals surface area contributed by atoms with Crippen LogP contribution in [-0.2, 0) is 22.5 Å². The predicted octanol–water partition coefficient (Wildman–Crippen LogP) is 3.97. The van der Waals surface area contributed by atoms with Crippen molar-refractivity contribution in [2.75, 3.05) is 19.8 Å². The lowest BCUT2D eigenvalue weighted by atomic mass is 10.1. The quantitative estimate of drug-likeness (QED) is 0.705. The number of ether oxygens (including phenoxy) is 2. The van der Waals surface area contributed by atoms with Crippen LogP contribution in [0.1, 0.15) is 30.9 Å². The van der Waals surface area contributed by atoms with Crippen molar-refractivity contribution in [3.8, 4) is 5.75 Å². The molecule has 144 valence electrons. The van der Waals surface area contributed by atoms with Crippen LogP contribution in [0.3, 0.4) is 0 Å². The minimum atomic E-state index is -0.283. The Balaban J connectivity index is 1.62. The largest absolute Gasteiger partial charge is 0.484 e. The summed E-state index contributed by atoms with van der Waals surface area (Å²) < 4.78 is 24.5. The molecule has 1 aliphatic heterocycles. The van der Waals surface area contributed by atoms with Gasteiger partial charge in [-0.1, -0.05) is 31.2 Å². The minimum absolute atomic E-state index is 0.0284. The molecule has 1 heterocycles. The fourth-order valence-electron chi connectivity index (χ4n) is 3.16. The molecule has 1 amide bonds. The maximum absolute atomic E-state index is 13.2. The molecular weight excluding hydrogens is 345 g/mol. The van der Waals surface area contributed by atoms with Crippen molar-refractivity contribution in [1.82, 2.24) is 4.90 Å². The molecule has 3 rings (SSSR count). The molecule has 5 heteroatoms. The summed E-state index contributed by atoms with van der Waals surface area (Å²) in [5.41, 5.74) is 2.11. The number of aryl methyl sites for hydroxylation is 1. The Hall–Kier alpha value is -2.40. The van der Waals surface area contributed by atoms with Gasteiger partial charge in [0.1, 0.15) is 11.6 Å².